The maximum absolute atomic E-state index is 4.76. The molecule has 0 atom stereocenters. The molecule has 78 heavy (non-hydrogen) atoms. The average Bonchev–Trinajstić information content (AvgIpc) is 4.42. The molecule has 19 rings (SSSR count). The van der Waals surface area contributed by atoms with Crippen LogP contribution in [0.25, 0.3) is 72.5 Å². The molecule has 9 nitrogen and oxygen atoms in total. The van der Waals surface area contributed by atoms with E-state index in [2.05, 4.69) is 206 Å². The Balaban J connectivity index is 0.000000122. The van der Waals surface area contributed by atoms with E-state index in [1.807, 2.05) is 43.2 Å². The summed E-state index contributed by atoms with van der Waals surface area (Å²) in [5.74, 6) is 0. The summed E-state index contributed by atoms with van der Waals surface area (Å²) in [5, 5.41) is 10.9. The first-order valence-electron chi connectivity index (χ1n) is 25.7. The molecule has 366 valence electrons. The van der Waals surface area contributed by atoms with Crippen LogP contribution in [0.5, 0.6) is 0 Å². The van der Waals surface area contributed by atoms with Gasteiger partial charge in [-0.3, -0.25) is 0 Å². The van der Waals surface area contributed by atoms with E-state index < -0.39 is 0 Å². The van der Waals surface area contributed by atoms with Gasteiger partial charge in [-0.2, -0.15) is 0 Å². The molecule has 0 saturated heterocycles. The summed E-state index contributed by atoms with van der Waals surface area (Å²) in [6, 6.07) is 62.9. The van der Waals surface area contributed by atoms with Gasteiger partial charge in [-0.05, 0) is 0 Å². The first-order chi connectivity index (χ1) is 38.7. The number of fused-ring (bicyclic) bond motifs is 23. The maximum atomic E-state index is 4.76. The average molecular weight is 1260 g/mol. The number of anilines is 4. The number of benzene rings is 6. The topological polar surface area (TPSA) is 80.8 Å². The van der Waals surface area contributed by atoms with E-state index in [0.717, 1.165) is 44.6 Å². The van der Waals surface area contributed by atoms with Crippen LogP contribution < -0.4 is 10.0 Å². The second-order valence-corrected chi connectivity index (χ2v) is 27.9. The Morgan fingerprint density at radius 2 is 0.705 bits per heavy atom. The number of aromatic nitrogens is 7. The van der Waals surface area contributed by atoms with E-state index in [0.29, 0.717) is 58.0 Å². The van der Waals surface area contributed by atoms with Gasteiger partial charge < -0.3 is 0 Å². The van der Waals surface area contributed by atoms with Crippen LogP contribution in [0.3, 0.4) is 0 Å². The van der Waals surface area contributed by atoms with E-state index in [-0.39, 0.29) is 10.8 Å². The molecule has 0 unspecified atom stereocenters. The molecule has 0 radical (unpaired) electrons. The van der Waals surface area contributed by atoms with Gasteiger partial charge in [-0.15, -0.1) is 0 Å². The molecule has 4 aliphatic rings. The minimum absolute atomic E-state index is 0.324. The Kier molecular flexibility index (Phi) is 9.23. The second kappa shape index (κ2) is 16.3. The Morgan fingerprint density at radius 1 is 0.308 bits per heavy atom. The molecule has 0 amide bonds. The zero-order valence-corrected chi connectivity index (χ0v) is 47.9. The summed E-state index contributed by atoms with van der Waals surface area (Å²) in [4.78, 5) is 32.9. The van der Waals surface area contributed by atoms with Crippen molar-refractivity contribution in [3.05, 3.63) is 265 Å². The fourth-order valence-corrected chi connectivity index (χ4v) is 23.2. The Hall–Kier alpha value is -7.91. The number of imidazole rings is 2. The van der Waals surface area contributed by atoms with Crippen LogP contribution in [-0.2, 0) is 10.8 Å². The molecule has 2 spiro atoms. The van der Waals surface area contributed by atoms with E-state index in [4.69, 9.17) is 9.97 Å². The zero-order chi connectivity index (χ0) is 50.8. The fraction of sp³-hybridized carbons (Fsp3) is 0.0308. The van der Waals surface area contributed by atoms with Crippen molar-refractivity contribution in [3.63, 3.8) is 0 Å². The van der Waals surface area contributed by atoms with Crippen LogP contribution >= 0.6 is 0 Å². The monoisotopic (exact) mass is 1260 g/mol. The Labute approximate surface area is 469 Å². The van der Waals surface area contributed by atoms with Gasteiger partial charge in [0, 0.05) is 0 Å². The van der Waals surface area contributed by atoms with Crippen molar-refractivity contribution < 1.29 is 0 Å². The standard InChI is InChI=1S/C35H20N4Se2.C30H17N5Se2/c1-3-8-23-18-30-27(16-21(23)6-1)35(25-11-14-40-32(25)33-26(35)12-15-41-33)28-17-22-7-2-4-9-24(22)19-31(28)39(30)38-20-37-34-29(38)10-5-13-36-34;1-2-7-24-19(6-1)30(20-9-13-36-27(20)28-21(30)10-14-37-28)22-15-18-5-3-11-31-23(18)16-26(22)35(24)34-17-33-29-25(34)8-4-12-32-29/h1-20H;1-17H. The van der Waals surface area contributed by atoms with Crippen molar-refractivity contribution >= 4 is 136 Å². The Morgan fingerprint density at radius 3 is 1.23 bits per heavy atom. The molecule has 6 aromatic carbocycles. The van der Waals surface area contributed by atoms with Crippen LogP contribution in [0.1, 0.15) is 44.5 Å². The van der Waals surface area contributed by atoms with Crippen LogP contribution in [-0.4, -0.2) is 92.3 Å². The number of para-hydroxylation sites is 1. The molecule has 9 aromatic heterocycles. The van der Waals surface area contributed by atoms with Gasteiger partial charge in [-0.25, -0.2) is 0 Å². The van der Waals surface area contributed by atoms with Gasteiger partial charge in [-0.1, -0.05) is 0 Å². The van der Waals surface area contributed by atoms with Gasteiger partial charge in [0.05, 0.1) is 0 Å². The molecule has 11 heterocycles. The molecule has 2 aliphatic heterocycles. The van der Waals surface area contributed by atoms with E-state index >= 15 is 0 Å². The summed E-state index contributed by atoms with van der Waals surface area (Å²) in [6.45, 7) is 0. The molecular weight excluding hydrogens is 1220 g/mol. The SMILES string of the molecule is c1ccc2c(c1)N(n1cnc3ncccc31)c1cc3ncccc3cc1C21c2cc[se]c2-c2[se]ccc21.c1ccc2cc3c(cc2c1)N(n1cnc2ncccc21)c1cc2ccccc2cc1C31c2cc[se]c2-c2[se]ccc21. The van der Waals surface area contributed by atoms with Crippen LogP contribution in [0, 0.1) is 0 Å². The summed E-state index contributed by atoms with van der Waals surface area (Å²) < 4.78 is 10.7. The molecule has 13 heteroatoms. The molecule has 0 N–H and O–H groups in total. The zero-order valence-electron chi connectivity index (χ0n) is 41.0. The summed E-state index contributed by atoms with van der Waals surface area (Å²) in [6.07, 6.45) is 9.31. The van der Waals surface area contributed by atoms with Crippen molar-refractivity contribution in [3.8, 4) is 17.7 Å². The van der Waals surface area contributed by atoms with Crippen molar-refractivity contribution in [1.29, 1.82) is 0 Å². The van der Waals surface area contributed by atoms with Gasteiger partial charge >= 0.3 is 474 Å². The van der Waals surface area contributed by atoms with Crippen molar-refractivity contribution in [2.45, 2.75) is 10.8 Å². The Bertz CT molecular complexity index is 4840. The third-order valence-electron chi connectivity index (χ3n) is 16.6. The van der Waals surface area contributed by atoms with Gasteiger partial charge in [0.25, 0.3) is 0 Å². The van der Waals surface area contributed by atoms with Gasteiger partial charge in [0.2, 0.25) is 0 Å². The fourth-order valence-electron chi connectivity index (χ4n) is 13.5. The first kappa shape index (κ1) is 44.1. The number of nitrogens with zero attached hydrogens (tertiary/aromatic N) is 9. The molecule has 0 fully saturated rings. The van der Waals surface area contributed by atoms with E-state index in [9.17, 15) is 0 Å². The van der Waals surface area contributed by atoms with Gasteiger partial charge in [0.15, 0.2) is 0 Å². The summed E-state index contributed by atoms with van der Waals surface area (Å²) in [5.41, 5.74) is 19.6. The predicted octanol–water partition coefficient (Wildman–Crippen LogP) is 12.5. The molecule has 2 aliphatic carbocycles. The van der Waals surface area contributed by atoms with Crippen LogP contribution in [0.2, 0.25) is 0 Å². The third-order valence-corrected chi connectivity index (χ3v) is 25.7. The van der Waals surface area contributed by atoms with Gasteiger partial charge in [0.1, 0.15) is 0 Å². The number of hydrogen-bond acceptors (Lipinski definition) is 7. The quantitative estimate of drug-likeness (QED) is 0.160. The molecule has 0 saturated carbocycles. The predicted molar refractivity (Wildman–Crippen MR) is 316 cm³/mol. The van der Waals surface area contributed by atoms with Crippen molar-refractivity contribution in [2.75, 3.05) is 10.0 Å². The third kappa shape index (κ3) is 5.69. The molecule has 0 bridgehead atoms. The summed E-state index contributed by atoms with van der Waals surface area (Å²) in [7, 11) is 0. The van der Waals surface area contributed by atoms with Crippen molar-refractivity contribution in [2.24, 2.45) is 0 Å². The van der Waals surface area contributed by atoms with Crippen molar-refractivity contribution in [1.82, 2.24) is 34.3 Å². The summed E-state index contributed by atoms with van der Waals surface area (Å²) >= 11 is 1.49. The second-order valence-electron chi connectivity index (χ2n) is 20.2. The molecular formula is C65H37N9Se4. The van der Waals surface area contributed by atoms with Crippen LogP contribution in [0.4, 0.5) is 22.7 Å². The van der Waals surface area contributed by atoms with E-state index in [1.165, 1.54) is 77.4 Å². The first-order valence-corrected chi connectivity index (χ1v) is 33.1. The normalized spacial score (nSPS) is 14.6. The number of hydrogen-bond donors (Lipinski definition) is 0. The van der Waals surface area contributed by atoms with E-state index in [1.54, 1.807) is 23.9 Å². The molecule has 15 aromatic rings. The van der Waals surface area contributed by atoms with Crippen LogP contribution in [0.15, 0.2) is 221 Å². The number of rotatable bonds is 2. The number of pyridine rings is 3. The minimum atomic E-state index is -0.349.